The number of rotatable bonds is 10. The Balaban J connectivity index is 1.71. The maximum Gasteiger partial charge on any atom is 0.261 e. The Hall–Kier alpha value is -4.17. The van der Waals surface area contributed by atoms with Crippen molar-refractivity contribution >= 4 is 34.7 Å². The lowest BCUT2D eigenvalue weighted by molar-refractivity contribution is -0.126. The summed E-state index contributed by atoms with van der Waals surface area (Å²) in [7, 11) is 0. The Morgan fingerprint density at radius 3 is 2.41 bits per heavy atom. The third-order valence-electron chi connectivity index (χ3n) is 5.96. The van der Waals surface area contributed by atoms with E-state index in [1.807, 2.05) is 62.4 Å². The second-order valence-corrected chi connectivity index (χ2v) is 9.46. The molecule has 2 aromatic heterocycles. The Morgan fingerprint density at radius 2 is 1.73 bits per heavy atom. The predicted molar refractivity (Wildman–Crippen MR) is 144 cm³/mol. The molecule has 1 atom stereocenters. The van der Waals surface area contributed by atoms with Gasteiger partial charge in [0.1, 0.15) is 11.8 Å². The number of hydrogen-bond acceptors (Lipinski definition) is 5. The molecule has 190 valence electrons. The first kappa shape index (κ1) is 25.9. The van der Waals surface area contributed by atoms with Crippen molar-refractivity contribution in [2.24, 2.45) is 0 Å². The number of carbonyl (C=O) groups excluding carboxylic acids is 3. The van der Waals surface area contributed by atoms with E-state index in [0.717, 1.165) is 11.1 Å². The molecule has 0 bridgehead atoms. The molecule has 7 nitrogen and oxygen atoms in total. The van der Waals surface area contributed by atoms with Crippen LogP contribution in [-0.4, -0.2) is 24.3 Å². The third kappa shape index (κ3) is 6.34. The van der Waals surface area contributed by atoms with Crippen LogP contribution in [0.2, 0.25) is 0 Å². The van der Waals surface area contributed by atoms with Crippen LogP contribution in [0.3, 0.4) is 0 Å². The van der Waals surface area contributed by atoms with Crippen LogP contribution in [0, 0.1) is 6.92 Å². The van der Waals surface area contributed by atoms with Crippen molar-refractivity contribution in [3.8, 4) is 0 Å². The van der Waals surface area contributed by atoms with Gasteiger partial charge in [-0.15, -0.1) is 11.3 Å². The number of carbonyl (C=O) groups is 3. The number of thiophene rings is 1. The minimum absolute atomic E-state index is 0.181. The monoisotopic (exact) mass is 515 g/mol. The third-order valence-corrected chi connectivity index (χ3v) is 6.83. The summed E-state index contributed by atoms with van der Waals surface area (Å²) in [5, 5.41) is 7.43. The SMILES string of the molecule is CCc1ccccc1N(C(=O)CNC(=O)c1cccs1)[C@@H](C(=O)NCc1ccco1)c1ccc(C)cc1. The van der Waals surface area contributed by atoms with Crippen molar-refractivity contribution in [3.05, 3.63) is 112 Å². The molecule has 0 spiro atoms. The molecular weight excluding hydrogens is 486 g/mol. The van der Waals surface area contributed by atoms with Gasteiger partial charge in [-0.1, -0.05) is 61.0 Å². The smallest absolute Gasteiger partial charge is 0.261 e. The number of hydrogen-bond donors (Lipinski definition) is 2. The number of aryl methyl sites for hydroxylation is 2. The molecule has 0 aliphatic rings. The lowest BCUT2D eigenvalue weighted by Gasteiger charge is -2.33. The molecule has 2 aromatic carbocycles. The van der Waals surface area contributed by atoms with Crippen LogP contribution in [0.5, 0.6) is 0 Å². The molecule has 0 aliphatic heterocycles. The quantitative estimate of drug-likeness (QED) is 0.310. The van der Waals surface area contributed by atoms with Gasteiger partial charge in [-0.3, -0.25) is 19.3 Å². The van der Waals surface area contributed by atoms with Crippen molar-refractivity contribution in [3.63, 3.8) is 0 Å². The average Bonchev–Trinajstić information content (AvgIpc) is 3.64. The molecule has 8 heteroatoms. The van der Waals surface area contributed by atoms with Gasteiger partial charge in [0.25, 0.3) is 5.91 Å². The van der Waals surface area contributed by atoms with Gasteiger partial charge in [0.15, 0.2) is 0 Å². The average molecular weight is 516 g/mol. The first-order valence-electron chi connectivity index (χ1n) is 12.1. The molecule has 2 N–H and O–H groups in total. The summed E-state index contributed by atoms with van der Waals surface area (Å²) in [5.74, 6) is -0.485. The van der Waals surface area contributed by atoms with Gasteiger partial charge in [-0.05, 0) is 54.1 Å². The number of benzene rings is 2. The van der Waals surface area contributed by atoms with Gasteiger partial charge in [-0.25, -0.2) is 0 Å². The van der Waals surface area contributed by atoms with Crippen LogP contribution in [0.1, 0.15) is 45.1 Å². The molecular formula is C29H29N3O4S. The lowest BCUT2D eigenvalue weighted by Crippen LogP contribution is -2.47. The predicted octanol–water partition coefficient (Wildman–Crippen LogP) is 5.03. The highest BCUT2D eigenvalue weighted by Gasteiger charge is 2.34. The summed E-state index contributed by atoms with van der Waals surface area (Å²) in [6.07, 6.45) is 2.21. The van der Waals surface area contributed by atoms with Gasteiger partial charge < -0.3 is 15.1 Å². The van der Waals surface area contributed by atoms with Gasteiger partial charge in [0, 0.05) is 5.69 Å². The Kier molecular flexibility index (Phi) is 8.53. The fourth-order valence-corrected chi connectivity index (χ4v) is 4.69. The zero-order valence-electron chi connectivity index (χ0n) is 20.8. The van der Waals surface area contributed by atoms with Crippen LogP contribution in [0.15, 0.2) is 88.9 Å². The number of furan rings is 1. The Labute approximate surface area is 220 Å². The lowest BCUT2D eigenvalue weighted by atomic mass is 9.99. The highest BCUT2D eigenvalue weighted by molar-refractivity contribution is 7.12. The fraction of sp³-hybridized carbons (Fsp3) is 0.207. The van der Waals surface area contributed by atoms with Crippen molar-refractivity contribution in [2.45, 2.75) is 32.9 Å². The van der Waals surface area contributed by atoms with Crippen molar-refractivity contribution in [1.82, 2.24) is 10.6 Å². The molecule has 0 radical (unpaired) electrons. The second kappa shape index (κ2) is 12.2. The Bertz CT molecular complexity index is 1330. The minimum Gasteiger partial charge on any atom is -0.467 e. The standard InChI is InChI=1S/C29H29N3O4S/c1-3-21-8-4-5-10-24(21)32(26(33)19-31-28(34)25-11-7-17-37-25)27(22-14-12-20(2)13-15-22)29(35)30-18-23-9-6-16-36-23/h4-17,27H,3,18-19H2,1-2H3,(H,30,35)(H,31,34)/t27-/m1/s1. The van der Waals surface area contributed by atoms with Crippen molar-refractivity contribution in [2.75, 3.05) is 11.4 Å². The van der Waals surface area contributed by atoms with E-state index in [1.165, 1.54) is 16.2 Å². The largest absolute Gasteiger partial charge is 0.467 e. The van der Waals surface area contributed by atoms with Gasteiger partial charge >= 0.3 is 0 Å². The van der Waals surface area contributed by atoms with E-state index in [-0.39, 0.29) is 24.9 Å². The fourth-order valence-electron chi connectivity index (χ4n) is 4.05. The van der Waals surface area contributed by atoms with E-state index < -0.39 is 11.9 Å². The van der Waals surface area contributed by atoms with E-state index >= 15 is 0 Å². The zero-order chi connectivity index (χ0) is 26.2. The van der Waals surface area contributed by atoms with Crippen molar-refractivity contribution < 1.29 is 18.8 Å². The van der Waals surface area contributed by atoms with E-state index in [0.29, 0.717) is 28.3 Å². The summed E-state index contributed by atoms with van der Waals surface area (Å²) >= 11 is 1.30. The number of nitrogens with zero attached hydrogens (tertiary/aromatic N) is 1. The maximum atomic E-state index is 13.8. The van der Waals surface area contributed by atoms with E-state index in [4.69, 9.17) is 4.42 Å². The van der Waals surface area contributed by atoms with E-state index in [1.54, 1.807) is 35.9 Å². The molecule has 0 fully saturated rings. The van der Waals surface area contributed by atoms with Crippen molar-refractivity contribution in [1.29, 1.82) is 0 Å². The highest BCUT2D eigenvalue weighted by Crippen LogP contribution is 2.31. The number of para-hydroxylation sites is 1. The van der Waals surface area contributed by atoms with E-state index in [9.17, 15) is 14.4 Å². The summed E-state index contributed by atoms with van der Waals surface area (Å²) in [4.78, 5) is 42.1. The number of anilines is 1. The topological polar surface area (TPSA) is 91.7 Å². The molecule has 2 heterocycles. The van der Waals surface area contributed by atoms with Gasteiger partial charge in [0.2, 0.25) is 11.8 Å². The highest BCUT2D eigenvalue weighted by atomic mass is 32.1. The molecule has 0 saturated carbocycles. The molecule has 4 aromatic rings. The zero-order valence-corrected chi connectivity index (χ0v) is 21.6. The van der Waals surface area contributed by atoms with Gasteiger partial charge in [-0.2, -0.15) is 0 Å². The summed E-state index contributed by atoms with van der Waals surface area (Å²) in [5.41, 5.74) is 3.23. The molecule has 0 unspecified atom stereocenters. The normalized spacial score (nSPS) is 11.5. The minimum atomic E-state index is -0.964. The number of nitrogens with one attached hydrogen (secondary N) is 2. The Morgan fingerprint density at radius 1 is 0.946 bits per heavy atom. The van der Waals surface area contributed by atoms with Crippen LogP contribution < -0.4 is 15.5 Å². The first-order valence-corrected chi connectivity index (χ1v) is 12.9. The van der Waals surface area contributed by atoms with Crippen LogP contribution in [0.25, 0.3) is 0 Å². The summed E-state index contributed by atoms with van der Waals surface area (Å²) in [6, 6.07) is 21.1. The van der Waals surface area contributed by atoms with Crippen LogP contribution >= 0.6 is 11.3 Å². The maximum absolute atomic E-state index is 13.8. The second-order valence-electron chi connectivity index (χ2n) is 8.52. The van der Waals surface area contributed by atoms with E-state index in [2.05, 4.69) is 10.6 Å². The van der Waals surface area contributed by atoms with Crippen LogP contribution in [-0.2, 0) is 22.6 Å². The molecule has 3 amide bonds. The van der Waals surface area contributed by atoms with Crippen LogP contribution in [0.4, 0.5) is 5.69 Å². The van der Waals surface area contributed by atoms with Gasteiger partial charge in [0.05, 0.1) is 24.2 Å². The molecule has 0 aliphatic carbocycles. The summed E-state index contributed by atoms with van der Waals surface area (Å²) in [6.45, 7) is 3.88. The molecule has 4 rings (SSSR count). The molecule has 0 saturated heterocycles. The number of amides is 3. The summed E-state index contributed by atoms with van der Waals surface area (Å²) < 4.78 is 5.37. The first-order chi connectivity index (χ1) is 18.0. The molecule has 37 heavy (non-hydrogen) atoms.